The van der Waals surface area contributed by atoms with Gasteiger partial charge >= 0.3 is 0 Å². The van der Waals surface area contributed by atoms with Crippen LogP contribution >= 0.6 is 11.8 Å². The van der Waals surface area contributed by atoms with E-state index in [1.54, 1.807) is 18.0 Å². The zero-order valence-corrected chi connectivity index (χ0v) is 14.8. The van der Waals surface area contributed by atoms with Gasteiger partial charge in [0.2, 0.25) is 0 Å². The summed E-state index contributed by atoms with van der Waals surface area (Å²) >= 11 is 1.70. The van der Waals surface area contributed by atoms with Crippen molar-refractivity contribution in [1.82, 2.24) is 4.98 Å². The Morgan fingerprint density at radius 1 is 1.04 bits per heavy atom. The molecular formula is C19H16N4O2S. The summed E-state index contributed by atoms with van der Waals surface area (Å²) in [6, 6.07) is 19.3. The Bertz CT molecular complexity index is 908. The maximum atomic E-state index is 10.6. The molecule has 3 rings (SSSR count). The summed E-state index contributed by atoms with van der Waals surface area (Å²) in [5, 5.41) is 14.7. The number of nitrogens with one attached hydrogen (secondary N) is 1. The van der Waals surface area contributed by atoms with E-state index in [1.165, 1.54) is 28.8 Å². The fourth-order valence-electron chi connectivity index (χ4n) is 2.10. The minimum Gasteiger partial charge on any atom is -0.261 e. The molecule has 0 aliphatic heterocycles. The molecule has 1 aromatic heterocycles. The third-order valence-corrected chi connectivity index (χ3v) is 4.50. The van der Waals surface area contributed by atoms with Crippen LogP contribution in [0, 0.1) is 17.0 Å². The van der Waals surface area contributed by atoms with Crippen LogP contribution in [0.15, 0.2) is 81.8 Å². The van der Waals surface area contributed by atoms with Gasteiger partial charge in [-0.2, -0.15) is 5.10 Å². The van der Waals surface area contributed by atoms with Gasteiger partial charge in [-0.3, -0.25) is 15.5 Å². The number of nitrogens with zero attached hydrogens (tertiary/aromatic N) is 3. The molecule has 0 aliphatic carbocycles. The summed E-state index contributed by atoms with van der Waals surface area (Å²) < 4.78 is 0. The Balaban J connectivity index is 1.57. The van der Waals surface area contributed by atoms with E-state index < -0.39 is 4.92 Å². The van der Waals surface area contributed by atoms with Gasteiger partial charge in [-0.25, -0.2) is 4.98 Å². The molecule has 0 spiro atoms. The molecular weight excluding hydrogens is 348 g/mol. The average molecular weight is 364 g/mol. The van der Waals surface area contributed by atoms with Crippen LogP contribution in [0.4, 0.5) is 11.5 Å². The molecule has 0 aliphatic rings. The molecule has 1 heterocycles. The van der Waals surface area contributed by atoms with Gasteiger partial charge in [-0.15, -0.1) is 0 Å². The molecule has 0 unspecified atom stereocenters. The van der Waals surface area contributed by atoms with Crippen LogP contribution in [0.3, 0.4) is 0 Å². The second-order valence-corrected chi connectivity index (χ2v) is 6.66. The highest BCUT2D eigenvalue weighted by Crippen LogP contribution is 2.27. The summed E-state index contributed by atoms with van der Waals surface area (Å²) in [6.45, 7) is 2.07. The maximum absolute atomic E-state index is 10.6. The van der Waals surface area contributed by atoms with Gasteiger partial charge in [-0.05, 0) is 42.8 Å². The van der Waals surface area contributed by atoms with Crippen molar-refractivity contribution < 1.29 is 4.92 Å². The minimum absolute atomic E-state index is 0.0544. The molecule has 0 saturated heterocycles. The van der Waals surface area contributed by atoms with Crippen LogP contribution in [0.1, 0.15) is 11.1 Å². The van der Waals surface area contributed by atoms with E-state index in [9.17, 15) is 10.1 Å². The zero-order valence-electron chi connectivity index (χ0n) is 14.0. The summed E-state index contributed by atoms with van der Waals surface area (Å²) in [6.07, 6.45) is 2.86. The molecule has 0 atom stereocenters. The predicted octanol–water partition coefficient (Wildman–Crippen LogP) is 4.90. The normalized spacial score (nSPS) is 10.8. The Labute approximate surface area is 155 Å². The largest absolute Gasteiger partial charge is 0.287 e. The highest BCUT2D eigenvalue weighted by Gasteiger charge is 2.04. The van der Waals surface area contributed by atoms with Crippen molar-refractivity contribution in [2.45, 2.75) is 16.7 Å². The molecule has 130 valence electrons. The fraction of sp³-hybridized carbons (Fsp3) is 0.0526. The quantitative estimate of drug-likeness (QED) is 0.382. The number of rotatable bonds is 6. The Morgan fingerprint density at radius 3 is 2.27 bits per heavy atom. The summed E-state index contributed by atoms with van der Waals surface area (Å²) in [5.74, 6) is 0.443. The standard InChI is InChI=1S/C19H16N4O2S/c1-14-2-7-17(8-3-14)26-18-9-4-15(5-10-18)12-21-22-19-11-6-16(13-20-19)23(24)25/h2-13H,1H3,(H,20,22)/b21-12-. The molecule has 7 heteroatoms. The van der Waals surface area contributed by atoms with Crippen LogP contribution in [0.5, 0.6) is 0 Å². The number of hydrazone groups is 1. The third-order valence-electron chi connectivity index (χ3n) is 3.49. The molecule has 0 amide bonds. The first-order valence-corrected chi connectivity index (χ1v) is 8.66. The second kappa shape index (κ2) is 8.26. The number of nitro groups is 1. The van der Waals surface area contributed by atoms with E-state index in [4.69, 9.17) is 0 Å². The second-order valence-electron chi connectivity index (χ2n) is 5.51. The maximum Gasteiger partial charge on any atom is 0.287 e. The van der Waals surface area contributed by atoms with Gasteiger partial charge in [0, 0.05) is 15.9 Å². The summed E-state index contributed by atoms with van der Waals surface area (Å²) in [5.41, 5.74) is 4.88. The van der Waals surface area contributed by atoms with E-state index in [2.05, 4.69) is 46.7 Å². The lowest BCUT2D eigenvalue weighted by Crippen LogP contribution is -1.95. The van der Waals surface area contributed by atoms with Gasteiger partial charge < -0.3 is 0 Å². The molecule has 0 radical (unpaired) electrons. The number of aromatic nitrogens is 1. The highest BCUT2D eigenvalue weighted by molar-refractivity contribution is 7.99. The molecule has 2 aromatic carbocycles. The average Bonchev–Trinajstić information content (AvgIpc) is 2.65. The molecule has 0 bridgehead atoms. The first kappa shape index (κ1) is 17.6. The number of anilines is 1. The molecule has 0 fully saturated rings. The predicted molar refractivity (Wildman–Crippen MR) is 104 cm³/mol. The van der Waals surface area contributed by atoms with Crippen LogP contribution < -0.4 is 5.43 Å². The molecule has 3 aromatic rings. The van der Waals surface area contributed by atoms with Crippen molar-refractivity contribution in [1.29, 1.82) is 0 Å². The van der Waals surface area contributed by atoms with Crippen molar-refractivity contribution in [3.8, 4) is 0 Å². The number of hydrogen-bond donors (Lipinski definition) is 1. The van der Waals surface area contributed by atoms with Crippen molar-refractivity contribution in [3.05, 3.63) is 88.1 Å². The highest BCUT2D eigenvalue weighted by atomic mass is 32.2. The number of aryl methyl sites for hydroxylation is 1. The van der Waals surface area contributed by atoms with E-state index in [0.29, 0.717) is 5.82 Å². The van der Waals surface area contributed by atoms with Crippen molar-refractivity contribution >= 4 is 29.5 Å². The van der Waals surface area contributed by atoms with Gasteiger partial charge in [0.15, 0.2) is 0 Å². The van der Waals surface area contributed by atoms with Crippen LogP contribution in [0.2, 0.25) is 0 Å². The summed E-state index contributed by atoms with van der Waals surface area (Å²) in [7, 11) is 0. The van der Waals surface area contributed by atoms with E-state index in [0.717, 1.165) is 10.5 Å². The molecule has 26 heavy (non-hydrogen) atoms. The Hall–Kier alpha value is -3.19. The van der Waals surface area contributed by atoms with E-state index in [1.807, 2.05) is 24.3 Å². The topological polar surface area (TPSA) is 80.4 Å². The zero-order chi connectivity index (χ0) is 18.4. The molecule has 1 N–H and O–H groups in total. The van der Waals surface area contributed by atoms with Crippen molar-refractivity contribution in [3.63, 3.8) is 0 Å². The third kappa shape index (κ3) is 4.90. The van der Waals surface area contributed by atoms with Gasteiger partial charge in [0.05, 0.1) is 11.1 Å². The first-order valence-electron chi connectivity index (χ1n) is 7.84. The monoisotopic (exact) mass is 364 g/mol. The summed E-state index contributed by atoms with van der Waals surface area (Å²) in [4.78, 5) is 16.4. The van der Waals surface area contributed by atoms with E-state index >= 15 is 0 Å². The van der Waals surface area contributed by atoms with Crippen LogP contribution in [0.25, 0.3) is 0 Å². The Kier molecular flexibility index (Phi) is 5.60. The number of hydrogen-bond acceptors (Lipinski definition) is 6. The van der Waals surface area contributed by atoms with Gasteiger partial charge in [-0.1, -0.05) is 41.6 Å². The van der Waals surface area contributed by atoms with E-state index in [-0.39, 0.29) is 5.69 Å². The lowest BCUT2D eigenvalue weighted by atomic mass is 10.2. The number of benzene rings is 2. The SMILES string of the molecule is Cc1ccc(Sc2ccc(/C=N\Nc3ccc([N+](=O)[O-])cn3)cc2)cc1. The van der Waals surface area contributed by atoms with Gasteiger partial charge in [0.1, 0.15) is 12.0 Å². The van der Waals surface area contributed by atoms with Crippen LogP contribution in [-0.2, 0) is 0 Å². The Morgan fingerprint density at radius 2 is 1.69 bits per heavy atom. The minimum atomic E-state index is -0.490. The molecule has 6 nitrogen and oxygen atoms in total. The van der Waals surface area contributed by atoms with Crippen molar-refractivity contribution in [2.24, 2.45) is 5.10 Å². The van der Waals surface area contributed by atoms with Crippen LogP contribution in [-0.4, -0.2) is 16.1 Å². The lowest BCUT2D eigenvalue weighted by Gasteiger charge is -2.03. The fourth-order valence-corrected chi connectivity index (χ4v) is 2.91. The van der Waals surface area contributed by atoms with Crippen molar-refractivity contribution in [2.75, 3.05) is 5.43 Å². The first-order chi connectivity index (χ1) is 12.6. The number of pyridine rings is 1. The molecule has 0 saturated carbocycles. The lowest BCUT2D eigenvalue weighted by molar-refractivity contribution is -0.385. The smallest absolute Gasteiger partial charge is 0.261 e. The van der Waals surface area contributed by atoms with Gasteiger partial charge in [0.25, 0.3) is 5.69 Å².